The minimum absolute atomic E-state index is 0. The van der Waals surface area contributed by atoms with Crippen molar-refractivity contribution in [1.29, 1.82) is 0 Å². The fourth-order valence-electron chi connectivity index (χ4n) is 3.78. The Morgan fingerprint density at radius 1 is 1.38 bits per heavy atom. The highest BCUT2D eigenvalue weighted by atomic mass is 35.5. The number of hydrogen-bond donors (Lipinski definition) is 2. The van der Waals surface area contributed by atoms with Gasteiger partial charge in [0.15, 0.2) is 6.61 Å². The van der Waals surface area contributed by atoms with Crippen molar-refractivity contribution in [1.82, 2.24) is 10.6 Å². The molecule has 0 radical (unpaired) electrons. The monoisotopic (exact) mass is 384 g/mol. The van der Waals surface area contributed by atoms with E-state index in [2.05, 4.69) is 21.4 Å². The summed E-state index contributed by atoms with van der Waals surface area (Å²) < 4.78 is 15.7. The Kier molecular flexibility index (Phi) is 8.65. The number of carbonyl (C=O) groups is 1. The Hall–Kier alpha value is -1.34. The van der Waals surface area contributed by atoms with Crippen molar-refractivity contribution in [2.24, 2.45) is 5.92 Å². The molecule has 1 aromatic rings. The quantitative estimate of drug-likeness (QED) is 0.700. The molecule has 1 saturated carbocycles. The van der Waals surface area contributed by atoms with Gasteiger partial charge in [0, 0.05) is 25.2 Å². The summed E-state index contributed by atoms with van der Waals surface area (Å²) >= 11 is 0. The molecule has 0 amide bonds. The molecule has 2 N–H and O–H groups in total. The van der Waals surface area contributed by atoms with Crippen LogP contribution in [0.2, 0.25) is 0 Å². The molecule has 2 fully saturated rings. The topological polar surface area (TPSA) is 68.8 Å². The third-order valence-corrected chi connectivity index (χ3v) is 5.09. The molecule has 0 aromatic heterocycles. The molecule has 3 rings (SSSR count). The molecule has 7 heteroatoms. The summed E-state index contributed by atoms with van der Waals surface area (Å²) in [5.74, 6) is 0.939. The van der Waals surface area contributed by atoms with E-state index in [0.717, 1.165) is 31.9 Å². The van der Waals surface area contributed by atoms with Gasteiger partial charge in [0.25, 0.3) is 0 Å². The summed E-state index contributed by atoms with van der Waals surface area (Å²) in [4.78, 5) is 11.2. The average Bonchev–Trinajstić information content (AvgIpc) is 3.14. The van der Waals surface area contributed by atoms with E-state index in [1.54, 1.807) is 0 Å². The van der Waals surface area contributed by atoms with Crippen molar-refractivity contribution in [3.05, 3.63) is 29.8 Å². The first-order valence-electron chi connectivity index (χ1n) is 9.09. The van der Waals surface area contributed by atoms with Gasteiger partial charge in [0.05, 0.1) is 20.3 Å². The lowest BCUT2D eigenvalue weighted by Gasteiger charge is -2.33. The average molecular weight is 385 g/mol. The summed E-state index contributed by atoms with van der Waals surface area (Å²) in [5, 5.41) is 7.31. The largest absolute Gasteiger partial charge is 0.482 e. The first kappa shape index (κ1) is 21.0. The second-order valence-corrected chi connectivity index (χ2v) is 6.73. The van der Waals surface area contributed by atoms with Crippen LogP contribution in [0.25, 0.3) is 0 Å². The Balaban J connectivity index is 0.00000243. The molecule has 146 valence electrons. The minimum Gasteiger partial charge on any atom is -0.482 e. The van der Waals surface area contributed by atoms with Crippen LogP contribution in [0.5, 0.6) is 5.75 Å². The maximum atomic E-state index is 11.2. The number of hydrogen-bond acceptors (Lipinski definition) is 6. The number of benzene rings is 1. The van der Waals surface area contributed by atoms with Gasteiger partial charge in [-0.05, 0) is 36.5 Å². The molecule has 1 aromatic carbocycles. The molecule has 1 heterocycles. The zero-order valence-electron chi connectivity index (χ0n) is 15.2. The number of rotatable bonds is 7. The number of esters is 1. The molecular formula is C19H29ClN2O4. The molecule has 1 aliphatic heterocycles. The summed E-state index contributed by atoms with van der Waals surface area (Å²) in [6, 6.07) is 8.83. The highest BCUT2D eigenvalue weighted by molar-refractivity contribution is 5.85. The van der Waals surface area contributed by atoms with Crippen LogP contribution in [0.4, 0.5) is 0 Å². The number of carbonyl (C=O) groups excluding carboxylic acids is 1. The molecule has 6 nitrogen and oxygen atoms in total. The molecule has 26 heavy (non-hydrogen) atoms. The number of halogens is 1. The van der Waals surface area contributed by atoms with Crippen LogP contribution in [-0.2, 0) is 20.8 Å². The SMILES string of the molecule is COC(=O)COc1cccc(CNC2CCCC2C2COCCN2)c1.Cl. The Morgan fingerprint density at radius 3 is 3.04 bits per heavy atom. The van der Waals surface area contributed by atoms with Gasteiger partial charge in [-0.2, -0.15) is 0 Å². The lowest BCUT2D eigenvalue weighted by atomic mass is 9.94. The van der Waals surface area contributed by atoms with Gasteiger partial charge in [-0.25, -0.2) is 4.79 Å². The fourth-order valence-corrected chi connectivity index (χ4v) is 3.78. The number of ether oxygens (including phenoxy) is 3. The summed E-state index contributed by atoms with van der Waals surface area (Å²) in [5.41, 5.74) is 1.15. The second kappa shape index (κ2) is 10.7. The van der Waals surface area contributed by atoms with Crippen LogP contribution in [0.3, 0.4) is 0 Å². The lowest BCUT2D eigenvalue weighted by molar-refractivity contribution is -0.142. The second-order valence-electron chi connectivity index (χ2n) is 6.73. The number of nitrogens with one attached hydrogen (secondary N) is 2. The van der Waals surface area contributed by atoms with E-state index >= 15 is 0 Å². The number of methoxy groups -OCH3 is 1. The summed E-state index contributed by atoms with van der Waals surface area (Å²) in [6.07, 6.45) is 3.73. The van der Waals surface area contributed by atoms with E-state index in [4.69, 9.17) is 9.47 Å². The van der Waals surface area contributed by atoms with E-state index in [1.165, 1.54) is 26.4 Å². The van der Waals surface area contributed by atoms with Crippen molar-refractivity contribution >= 4 is 18.4 Å². The maximum Gasteiger partial charge on any atom is 0.343 e. The van der Waals surface area contributed by atoms with E-state index in [0.29, 0.717) is 23.8 Å². The van der Waals surface area contributed by atoms with Gasteiger partial charge in [-0.15, -0.1) is 12.4 Å². The van der Waals surface area contributed by atoms with E-state index in [1.807, 2.05) is 18.2 Å². The fraction of sp³-hybridized carbons (Fsp3) is 0.632. The standard InChI is InChI=1S/C19H28N2O4.ClH/c1-23-19(22)13-25-15-5-2-4-14(10-15)11-21-17-7-3-6-16(17)18-12-24-9-8-20-18;/h2,4-5,10,16-18,20-21H,3,6-9,11-13H2,1H3;1H. The Morgan fingerprint density at radius 2 is 2.27 bits per heavy atom. The van der Waals surface area contributed by atoms with Crippen LogP contribution in [0.1, 0.15) is 24.8 Å². The molecule has 0 bridgehead atoms. The van der Waals surface area contributed by atoms with Gasteiger partial charge >= 0.3 is 5.97 Å². The van der Waals surface area contributed by atoms with Gasteiger partial charge in [0.2, 0.25) is 0 Å². The van der Waals surface area contributed by atoms with Crippen molar-refractivity contribution < 1.29 is 19.0 Å². The molecule has 0 spiro atoms. The third-order valence-electron chi connectivity index (χ3n) is 5.09. The van der Waals surface area contributed by atoms with Crippen molar-refractivity contribution in [2.75, 3.05) is 33.5 Å². The molecule has 1 saturated heterocycles. The van der Waals surface area contributed by atoms with Crippen LogP contribution in [0.15, 0.2) is 24.3 Å². The number of morpholine rings is 1. The van der Waals surface area contributed by atoms with Crippen LogP contribution in [0, 0.1) is 5.92 Å². The van der Waals surface area contributed by atoms with E-state index < -0.39 is 0 Å². The van der Waals surface area contributed by atoms with Crippen molar-refractivity contribution in [3.63, 3.8) is 0 Å². The highest BCUT2D eigenvalue weighted by Crippen LogP contribution is 2.29. The van der Waals surface area contributed by atoms with Crippen LogP contribution < -0.4 is 15.4 Å². The zero-order valence-corrected chi connectivity index (χ0v) is 16.1. The van der Waals surface area contributed by atoms with E-state index in [-0.39, 0.29) is 25.0 Å². The maximum absolute atomic E-state index is 11.2. The predicted molar refractivity (Wildman–Crippen MR) is 102 cm³/mol. The van der Waals surface area contributed by atoms with Gasteiger partial charge < -0.3 is 24.8 Å². The van der Waals surface area contributed by atoms with Gasteiger partial charge in [0.1, 0.15) is 5.75 Å². The van der Waals surface area contributed by atoms with Gasteiger partial charge in [-0.1, -0.05) is 18.6 Å². The Bertz CT molecular complexity index is 566. The molecular weight excluding hydrogens is 356 g/mol. The smallest absolute Gasteiger partial charge is 0.343 e. The summed E-state index contributed by atoms with van der Waals surface area (Å²) in [6.45, 7) is 3.32. The third kappa shape index (κ3) is 5.84. The van der Waals surface area contributed by atoms with E-state index in [9.17, 15) is 4.79 Å². The van der Waals surface area contributed by atoms with Gasteiger partial charge in [-0.3, -0.25) is 0 Å². The highest BCUT2D eigenvalue weighted by Gasteiger charge is 2.34. The van der Waals surface area contributed by atoms with Crippen molar-refractivity contribution in [3.8, 4) is 5.75 Å². The predicted octanol–water partition coefficient (Wildman–Crippen LogP) is 1.91. The van der Waals surface area contributed by atoms with Crippen LogP contribution in [-0.4, -0.2) is 51.5 Å². The zero-order chi connectivity index (χ0) is 17.5. The van der Waals surface area contributed by atoms with Crippen molar-refractivity contribution in [2.45, 2.75) is 37.9 Å². The normalized spacial score (nSPS) is 25.3. The van der Waals surface area contributed by atoms with Crippen LogP contribution >= 0.6 is 12.4 Å². The molecule has 3 unspecified atom stereocenters. The summed E-state index contributed by atoms with van der Waals surface area (Å²) in [7, 11) is 1.36. The molecule has 3 atom stereocenters. The first-order valence-corrected chi connectivity index (χ1v) is 9.09. The first-order chi connectivity index (χ1) is 12.3. The minimum atomic E-state index is -0.375. The lowest BCUT2D eigenvalue weighted by Crippen LogP contribution is -2.50. The Labute approximate surface area is 161 Å². The molecule has 2 aliphatic rings. The molecule has 1 aliphatic carbocycles.